The third-order valence-electron chi connectivity index (χ3n) is 2.84. The van der Waals surface area contributed by atoms with Crippen LogP contribution in [0.4, 0.5) is 5.13 Å². The average Bonchev–Trinajstić information content (AvgIpc) is 2.67. The van der Waals surface area contributed by atoms with Gasteiger partial charge in [-0.3, -0.25) is 0 Å². The smallest absolute Gasteiger partial charge is 0.185 e. The highest BCUT2D eigenvalue weighted by atomic mass is 32.1. The molecule has 104 valence electrons. The van der Waals surface area contributed by atoms with Gasteiger partial charge in [-0.25, -0.2) is 4.98 Å². The molecule has 1 aromatic heterocycles. The lowest BCUT2D eigenvalue weighted by Crippen LogP contribution is -2.23. The molecule has 0 amide bonds. The molecule has 18 heavy (non-hydrogen) atoms. The summed E-state index contributed by atoms with van der Waals surface area (Å²) in [5.41, 5.74) is 1.16. The number of rotatable bonds is 8. The van der Waals surface area contributed by atoms with E-state index in [0.717, 1.165) is 37.0 Å². The van der Waals surface area contributed by atoms with Gasteiger partial charge in [-0.2, -0.15) is 0 Å². The van der Waals surface area contributed by atoms with Gasteiger partial charge in [0.25, 0.3) is 0 Å². The zero-order valence-electron chi connectivity index (χ0n) is 12.3. The SMILES string of the molecule is CCNCc1sc(N(C)CCCN(C)C)nc1C. The molecular formula is C13H26N4S. The highest BCUT2D eigenvalue weighted by molar-refractivity contribution is 7.15. The Labute approximate surface area is 115 Å². The van der Waals surface area contributed by atoms with E-state index in [1.165, 1.54) is 11.3 Å². The van der Waals surface area contributed by atoms with Gasteiger partial charge < -0.3 is 15.1 Å². The Morgan fingerprint density at radius 3 is 2.56 bits per heavy atom. The summed E-state index contributed by atoms with van der Waals surface area (Å²) in [7, 11) is 6.36. The fourth-order valence-corrected chi connectivity index (χ4v) is 2.72. The molecule has 1 N–H and O–H groups in total. The first-order chi connectivity index (χ1) is 8.54. The van der Waals surface area contributed by atoms with Crippen molar-refractivity contribution in [3.05, 3.63) is 10.6 Å². The second kappa shape index (κ2) is 7.71. The summed E-state index contributed by atoms with van der Waals surface area (Å²) in [4.78, 5) is 10.5. The van der Waals surface area contributed by atoms with E-state index in [4.69, 9.17) is 0 Å². The first kappa shape index (κ1) is 15.4. The molecule has 0 bridgehead atoms. The van der Waals surface area contributed by atoms with E-state index in [2.05, 4.69) is 55.1 Å². The summed E-state index contributed by atoms with van der Waals surface area (Å²) < 4.78 is 0. The molecule has 4 nitrogen and oxygen atoms in total. The van der Waals surface area contributed by atoms with Crippen LogP contribution in [0.3, 0.4) is 0 Å². The van der Waals surface area contributed by atoms with Crippen LogP contribution in [0.15, 0.2) is 0 Å². The van der Waals surface area contributed by atoms with Crippen LogP contribution in [0.1, 0.15) is 23.9 Å². The number of anilines is 1. The maximum atomic E-state index is 4.65. The predicted molar refractivity (Wildman–Crippen MR) is 80.7 cm³/mol. The molecule has 0 aliphatic carbocycles. The average molecular weight is 270 g/mol. The number of hydrogen-bond acceptors (Lipinski definition) is 5. The molecule has 0 unspecified atom stereocenters. The van der Waals surface area contributed by atoms with E-state index >= 15 is 0 Å². The van der Waals surface area contributed by atoms with Gasteiger partial charge in [-0.1, -0.05) is 6.92 Å². The molecule has 0 aliphatic rings. The van der Waals surface area contributed by atoms with Crippen molar-refractivity contribution in [2.75, 3.05) is 45.7 Å². The van der Waals surface area contributed by atoms with Gasteiger partial charge in [0.1, 0.15) is 0 Å². The number of hydrogen-bond donors (Lipinski definition) is 1. The van der Waals surface area contributed by atoms with Gasteiger partial charge >= 0.3 is 0 Å². The minimum absolute atomic E-state index is 0.936. The second-order valence-corrected chi connectivity index (χ2v) is 5.93. The van der Waals surface area contributed by atoms with Crippen LogP contribution in [-0.4, -0.2) is 50.7 Å². The molecule has 0 atom stereocenters. The zero-order chi connectivity index (χ0) is 13.5. The van der Waals surface area contributed by atoms with Crippen LogP contribution >= 0.6 is 11.3 Å². The Kier molecular flexibility index (Phi) is 6.60. The Morgan fingerprint density at radius 1 is 1.22 bits per heavy atom. The zero-order valence-corrected chi connectivity index (χ0v) is 13.1. The normalized spacial score (nSPS) is 11.2. The van der Waals surface area contributed by atoms with Gasteiger partial charge in [0.2, 0.25) is 0 Å². The highest BCUT2D eigenvalue weighted by Gasteiger charge is 2.10. The van der Waals surface area contributed by atoms with E-state index < -0.39 is 0 Å². The van der Waals surface area contributed by atoms with Crippen molar-refractivity contribution in [1.82, 2.24) is 15.2 Å². The number of nitrogens with one attached hydrogen (secondary N) is 1. The van der Waals surface area contributed by atoms with Gasteiger partial charge in [0.15, 0.2) is 5.13 Å². The number of aryl methyl sites for hydroxylation is 1. The van der Waals surface area contributed by atoms with Crippen molar-refractivity contribution in [3.63, 3.8) is 0 Å². The summed E-state index contributed by atoms with van der Waals surface area (Å²) in [5, 5.41) is 4.50. The number of nitrogens with zero attached hydrogens (tertiary/aromatic N) is 3. The van der Waals surface area contributed by atoms with Gasteiger partial charge in [-0.05, 0) is 40.5 Å². The molecule has 0 aromatic carbocycles. The summed E-state index contributed by atoms with van der Waals surface area (Å²) in [6.45, 7) is 8.35. The Hall–Kier alpha value is -0.650. The molecular weight excluding hydrogens is 244 g/mol. The Balaban J connectivity index is 2.49. The summed E-state index contributed by atoms with van der Waals surface area (Å²) in [6, 6.07) is 0. The van der Waals surface area contributed by atoms with Crippen LogP contribution < -0.4 is 10.2 Å². The van der Waals surface area contributed by atoms with Crippen molar-refractivity contribution in [3.8, 4) is 0 Å². The maximum absolute atomic E-state index is 4.65. The Morgan fingerprint density at radius 2 is 1.94 bits per heavy atom. The van der Waals surface area contributed by atoms with Crippen molar-refractivity contribution < 1.29 is 0 Å². The molecule has 0 radical (unpaired) electrons. The molecule has 1 heterocycles. The van der Waals surface area contributed by atoms with Crippen LogP contribution in [-0.2, 0) is 6.54 Å². The predicted octanol–water partition coefficient (Wildman–Crippen LogP) is 1.95. The van der Waals surface area contributed by atoms with Gasteiger partial charge in [0, 0.05) is 25.0 Å². The second-order valence-electron chi connectivity index (χ2n) is 4.86. The largest absolute Gasteiger partial charge is 0.351 e. The lowest BCUT2D eigenvalue weighted by molar-refractivity contribution is 0.401. The third-order valence-corrected chi connectivity index (χ3v) is 4.11. The lowest BCUT2D eigenvalue weighted by Gasteiger charge is -2.17. The van der Waals surface area contributed by atoms with E-state index in [-0.39, 0.29) is 0 Å². The van der Waals surface area contributed by atoms with Crippen LogP contribution in [0.25, 0.3) is 0 Å². The van der Waals surface area contributed by atoms with Crippen molar-refractivity contribution >= 4 is 16.5 Å². The minimum atomic E-state index is 0.936. The van der Waals surface area contributed by atoms with E-state index in [1.807, 2.05) is 0 Å². The molecule has 1 rings (SSSR count). The molecule has 1 aromatic rings. The minimum Gasteiger partial charge on any atom is -0.351 e. The summed E-state index contributed by atoms with van der Waals surface area (Å²) in [5.74, 6) is 0. The number of aromatic nitrogens is 1. The quantitative estimate of drug-likeness (QED) is 0.782. The monoisotopic (exact) mass is 270 g/mol. The molecule has 0 fully saturated rings. The lowest BCUT2D eigenvalue weighted by atomic mass is 10.4. The molecule has 0 saturated carbocycles. The Bertz CT molecular complexity index is 349. The standard InChI is InChI=1S/C13H26N4S/c1-6-14-10-12-11(2)15-13(18-12)17(5)9-7-8-16(3)4/h14H,6-10H2,1-5H3. The van der Waals surface area contributed by atoms with Crippen molar-refractivity contribution in [1.29, 1.82) is 0 Å². The van der Waals surface area contributed by atoms with Crippen LogP contribution in [0.2, 0.25) is 0 Å². The number of thiazole rings is 1. The fourth-order valence-electron chi connectivity index (χ4n) is 1.70. The van der Waals surface area contributed by atoms with E-state index in [9.17, 15) is 0 Å². The molecule has 0 spiro atoms. The maximum Gasteiger partial charge on any atom is 0.185 e. The summed E-state index contributed by atoms with van der Waals surface area (Å²) in [6.07, 6.45) is 1.17. The van der Waals surface area contributed by atoms with Gasteiger partial charge in [0.05, 0.1) is 5.69 Å². The first-order valence-electron chi connectivity index (χ1n) is 6.57. The summed E-state index contributed by atoms with van der Waals surface area (Å²) >= 11 is 1.81. The van der Waals surface area contributed by atoms with Crippen molar-refractivity contribution in [2.24, 2.45) is 0 Å². The van der Waals surface area contributed by atoms with E-state index in [1.54, 1.807) is 11.3 Å². The first-order valence-corrected chi connectivity index (χ1v) is 7.39. The molecule has 0 saturated heterocycles. The topological polar surface area (TPSA) is 31.4 Å². The molecule has 5 heteroatoms. The van der Waals surface area contributed by atoms with Crippen LogP contribution in [0, 0.1) is 6.92 Å². The third kappa shape index (κ3) is 4.92. The molecule has 0 aliphatic heterocycles. The highest BCUT2D eigenvalue weighted by Crippen LogP contribution is 2.25. The van der Waals surface area contributed by atoms with Gasteiger partial charge in [-0.15, -0.1) is 11.3 Å². The van der Waals surface area contributed by atoms with E-state index in [0.29, 0.717) is 0 Å². The fraction of sp³-hybridized carbons (Fsp3) is 0.769. The van der Waals surface area contributed by atoms with Crippen molar-refractivity contribution in [2.45, 2.75) is 26.8 Å². The van der Waals surface area contributed by atoms with Crippen LogP contribution in [0.5, 0.6) is 0 Å².